The van der Waals surface area contributed by atoms with E-state index in [1.807, 2.05) is 85.5 Å². The number of aryl methyl sites for hydroxylation is 2. The Balaban J connectivity index is 0.000000168. The number of likely N-dealkylation sites (tertiary alicyclic amines) is 2. The van der Waals surface area contributed by atoms with Crippen molar-refractivity contribution in [2.24, 2.45) is 11.8 Å². The minimum Gasteiger partial charge on any atom is -0.399 e. The number of alkyl halides is 3. The summed E-state index contributed by atoms with van der Waals surface area (Å²) in [6, 6.07) is 19.1. The second-order valence-corrected chi connectivity index (χ2v) is 39.3. The van der Waals surface area contributed by atoms with Crippen LogP contribution in [-0.2, 0) is 31.1 Å². The molecule has 6 aromatic rings. The van der Waals surface area contributed by atoms with Gasteiger partial charge in [-0.15, -0.1) is 10.2 Å². The van der Waals surface area contributed by atoms with Crippen molar-refractivity contribution in [1.82, 2.24) is 49.8 Å². The first kappa shape index (κ1) is 68.9. The van der Waals surface area contributed by atoms with Gasteiger partial charge in [-0.2, -0.15) is 13.2 Å². The third-order valence-electron chi connectivity index (χ3n) is 17.2. The van der Waals surface area contributed by atoms with Gasteiger partial charge >= 0.3 is 25.4 Å². The number of pyridine rings is 2. The Bertz CT molecular complexity index is 3460. The van der Waals surface area contributed by atoms with E-state index in [1.54, 1.807) is 12.1 Å². The number of hydrogen-bond acceptors (Lipinski definition) is 14. The Kier molecular flexibility index (Phi) is 21.8. The second kappa shape index (κ2) is 28.8. The van der Waals surface area contributed by atoms with Crippen LogP contribution in [0.5, 0.6) is 0 Å². The number of nitrogens with zero attached hydrogens (tertiary/aromatic N) is 12. The molecular weight excluding hydrogens is 1220 g/mol. The maximum absolute atomic E-state index is 13.0. The molecule has 2 aromatic carbocycles. The quantitative estimate of drug-likeness (QED) is 0.0978. The second-order valence-electron chi connectivity index (χ2n) is 28.0. The van der Waals surface area contributed by atoms with Crippen LogP contribution in [-0.4, -0.2) is 181 Å². The molecular formula is C64H91BClF3N14O6Si2. The average molecular weight is 1310 g/mol. The molecule has 9 heterocycles. The minimum atomic E-state index is -4.20. The molecule has 5 aliphatic rings. The number of rotatable bonds is 14. The summed E-state index contributed by atoms with van der Waals surface area (Å²) >= 11 is 6.29. The van der Waals surface area contributed by atoms with Crippen molar-refractivity contribution < 1.29 is 41.5 Å². The first-order valence-corrected chi connectivity index (χ1v) is 39.6. The highest BCUT2D eigenvalue weighted by molar-refractivity contribution is 6.75. The summed E-state index contributed by atoms with van der Waals surface area (Å²) in [5.74, 6) is 1.83. The topological polar surface area (TPSA) is 195 Å². The molecule has 5 aliphatic heterocycles. The zero-order chi connectivity index (χ0) is 65.6. The van der Waals surface area contributed by atoms with Crippen LogP contribution < -0.4 is 25.9 Å². The third-order valence-corrected chi connectivity index (χ3v) is 20.0. The summed E-state index contributed by atoms with van der Waals surface area (Å²) in [5, 5.41) is 24.0. The lowest BCUT2D eigenvalue weighted by Crippen LogP contribution is -2.41. The molecule has 91 heavy (non-hydrogen) atoms. The Morgan fingerprint density at radius 2 is 1.11 bits per heavy atom. The molecule has 27 heteroatoms. The Hall–Kier alpha value is -6.42. The molecule has 2 N–H and O–H groups in total. The van der Waals surface area contributed by atoms with E-state index in [0.29, 0.717) is 42.8 Å². The summed E-state index contributed by atoms with van der Waals surface area (Å²) in [7, 11) is -3.15. The average Bonchev–Trinajstić information content (AvgIpc) is 1.71. The van der Waals surface area contributed by atoms with E-state index < -0.39 is 59.0 Å². The molecule has 5 saturated heterocycles. The molecule has 2 atom stereocenters. The molecule has 0 unspecified atom stereocenters. The van der Waals surface area contributed by atoms with Crippen LogP contribution in [0.3, 0.4) is 0 Å². The number of carbonyl (C=O) groups excluding carboxylic acids is 2. The van der Waals surface area contributed by atoms with Gasteiger partial charge in [-0.1, -0.05) is 92.4 Å². The summed E-state index contributed by atoms with van der Waals surface area (Å²) in [6.07, 6.45) is 3.32. The van der Waals surface area contributed by atoms with E-state index in [4.69, 9.17) is 40.4 Å². The number of hydrogen-bond donors (Lipinski definition) is 2. The van der Waals surface area contributed by atoms with Gasteiger partial charge in [0, 0.05) is 87.5 Å². The van der Waals surface area contributed by atoms with Crippen LogP contribution in [0.4, 0.5) is 45.8 Å². The number of ether oxygens (including phenoxy) is 2. The lowest BCUT2D eigenvalue weighted by Gasteiger charge is -2.32. The van der Waals surface area contributed by atoms with Crippen LogP contribution in [0.1, 0.15) is 71.4 Å². The normalized spacial score (nSPS) is 19.2. The molecule has 0 spiro atoms. The van der Waals surface area contributed by atoms with Gasteiger partial charge in [0.2, 0.25) is 0 Å². The van der Waals surface area contributed by atoms with E-state index in [2.05, 4.69) is 118 Å². The fourth-order valence-electron chi connectivity index (χ4n) is 11.5. The largest absolute Gasteiger partial charge is 0.495 e. The van der Waals surface area contributed by atoms with Crippen LogP contribution in [0.2, 0.25) is 44.3 Å². The SMILES string of the molecule is CC[C@@H]1CCN(C(=O)Nc2ccc(C)c(-c3cc(-c4cn(C[Si](C)(C)C)nn4)nc(N4CCOCC4)c3)c2)C1.C[Si](C)(C)Cn1cc(-c2cc(Cl)cc(N3CCOCC3)n2)nn1.Cc1ccc(NC(=O)N2CC[C@@H](CC(F)(F)F)C2)cc1B1OC(C)(C)C(C)(C)O1. The number of amides is 4. The third kappa shape index (κ3) is 18.9. The van der Waals surface area contributed by atoms with Crippen molar-refractivity contribution >= 4 is 75.4 Å². The monoisotopic (exact) mass is 1310 g/mol. The Morgan fingerprint density at radius 1 is 0.637 bits per heavy atom. The van der Waals surface area contributed by atoms with Crippen molar-refractivity contribution in [3.05, 3.63) is 89.2 Å². The number of urea groups is 2. The van der Waals surface area contributed by atoms with Crippen molar-refractivity contribution in [2.45, 2.75) is 143 Å². The van der Waals surface area contributed by atoms with Gasteiger partial charge in [0.15, 0.2) is 0 Å². The predicted molar refractivity (Wildman–Crippen MR) is 360 cm³/mol. The number of halogens is 4. The minimum absolute atomic E-state index is 0.0239. The van der Waals surface area contributed by atoms with Gasteiger partial charge in [0.25, 0.3) is 0 Å². The molecule has 492 valence electrons. The molecule has 5 fully saturated rings. The molecule has 11 rings (SSSR count). The van der Waals surface area contributed by atoms with E-state index in [0.717, 1.165) is 145 Å². The maximum atomic E-state index is 13.0. The molecule has 4 amide bonds. The zero-order valence-corrected chi connectivity index (χ0v) is 58.0. The van der Waals surface area contributed by atoms with Crippen LogP contribution in [0.15, 0.2) is 73.1 Å². The van der Waals surface area contributed by atoms with Crippen molar-refractivity contribution in [3.63, 3.8) is 0 Å². The maximum Gasteiger partial charge on any atom is 0.495 e. The van der Waals surface area contributed by atoms with Gasteiger partial charge in [-0.25, -0.2) is 19.6 Å². The highest BCUT2D eigenvalue weighted by atomic mass is 35.5. The molecule has 20 nitrogen and oxygen atoms in total. The molecule has 0 saturated carbocycles. The van der Waals surface area contributed by atoms with E-state index in [1.165, 1.54) is 4.90 Å². The lowest BCUT2D eigenvalue weighted by molar-refractivity contribution is -0.143. The summed E-state index contributed by atoms with van der Waals surface area (Å²) in [6.45, 7) is 36.1. The number of carbonyl (C=O) groups is 2. The van der Waals surface area contributed by atoms with Gasteiger partial charge < -0.3 is 49.0 Å². The first-order valence-electron chi connectivity index (χ1n) is 31.8. The van der Waals surface area contributed by atoms with Crippen molar-refractivity contribution in [3.8, 4) is 33.9 Å². The number of anilines is 4. The van der Waals surface area contributed by atoms with Crippen LogP contribution in [0.25, 0.3) is 33.9 Å². The molecule has 0 aliphatic carbocycles. The molecule has 0 radical (unpaired) electrons. The number of aromatic nitrogens is 8. The summed E-state index contributed by atoms with van der Waals surface area (Å²) in [4.78, 5) is 43.1. The predicted octanol–water partition coefficient (Wildman–Crippen LogP) is 12.1. The van der Waals surface area contributed by atoms with E-state index in [-0.39, 0.29) is 12.6 Å². The first-order chi connectivity index (χ1) is 42.9. The molecule has 0 bridgehead atoms. The highest BCUT2D eigenvalue weighted by Gasteiger charge is 2.52. The van der Waals surface area contributed by atoms with Crippen LogP contribution >= 0.6 is 11.6 Å². The van der Waals surface area contributed by atoms with Crippen LogP contribution in [0, 0.1) is 25.7 Å². The lowest BCUT2D eigenvalue weighted by atomic mass is 9.76. The molecule has 4 aromatic heterocycles. The summed E-state index contributed by atoms with van der Waals surface area (Å²) < 4.78 is 64.8. The van der Waals surface area contributed by atoms with Gasteiger partial charge in [0.05, 0.1) is 77.6 Å². The fourth-order valence-corrected chi connectivity index (χ4v) is 14.0. The standard InChI is InChI=1S/C29H41N7O2Si.C20H28BF3N2O3.C15H22ClN5OSi/c1-6-22-9-10-35(18-22)29(37)30-24-8-7-21(2)25(17-24)23-15-26(27-19-36(33-32-27)20-39(3,4)5)31-28(16-23)34-11-13-38-14-12-34;1-13-6-7-15(10-16(13)21-28-18(2,3)19(4,5)29-21)25-17(27)26-9-8-14(12-26)11-20(22,23)24;1-23(2,3)11-21-10-14(18-19-21)13-8-12(16)9-15(17-13)20-4-6-22-7-5-20/h7-8,15-17,19,22H,6,9-14,18,20H2,1-5H3,(H,30,37);6-7,10,14H,8-9,11-12H2,1-5H3,(H,25,27);8-10H,4-7,11H2,1-3H3/t22-;14-;/m10./s1. The fraction of sp³-hybridized carbons (Fsp3) is 0.562. The van der Waals surface area contributed by atoms with Crippen molar-refractivity contribution in [2.75, 3.05) is 99.2 Å². The highest BCUT2D eigenvalue weighted by Crippen LogP contribution is 2.38. The zero-order valence-electron chi connectivity index (χ0n) is 55.2. The van der Waals surface area contributed by atoms with E-state index >= 15 is 0 Å². The number of morpholine rings is 2. The number of benzene rings is 2. The van der Waals surface area contributed by atoms with E-state index in [9.17, 15) is 22.8 Å². The smallest absolute Gasteiger partial charge is 0.399 e. The Morgan fingerprint density at radius 3 is 1.60 bits per heavy atom. The van der Waals surface area contributed by atoms with Gasteiger partial charge in [-0.05, 0) is 137 Å². The summed E-state index contributed by atoms with van der Waals surface area (Å²) in [5.41, 5.74) is 8.52. The van der Waals surface area contributed by atoms with Crippen molar-refractivity contribution in [1.29, 1.82) is 0 Å². The van der Waals surface area contributed by atoms with Gasteiger partial charge in [-0.3, -0.25) is 9.36 Å². The number of nitrogens with one attached hydrogen (secondary N) is 2. The van der Waals surface area contributed by atoms with Gasteiger partial charge in [0.1, 0.15) is 23.0 Å². The Labute approximate surface area is 541 Å².